The highest BCUT2D eigenvalue weighted by atomic mass is 16.2. The van der Waals surface area contributed by atoms with Crippen molar-refractivity contribution in [3.63, 3.8) is 0 Å². The van der Waals surface area contributed by atoms with Crippen molar-refractivity contribution in [2.75, 3.05) is 17.2 Å². The van der Waals surface area contributed by atoms with Crippen molar-refractivity contribution < 1.29 is 4.79 Å². The van der Waals surface area contributed by atoms with E-state index in [9.17, 15) is 4.79 Å². The Bertz CT molecular complexity index is 304. The molecule has 0 aliphatic carbocycles. The van der Waals surface area contributed by atoms with E-state index in [0.717, 1.165) is 17.2 Å². The zero-order valence-electron chi connectivity index (χ0n) is 6.06. The molecule has 0 saturated carbocycles. The molecule has 0 atom stereocenters. The van der Waals surface area contributed by atoms with Crippen LogP contribution >= 0.6 is 0 Å². The number of nitrogens with zero attached hydrogens (tertiary/aromatic N) is 1. The van der Waals surface area contributed by atoms with Gasteiger partial charge in [0.05, 0.1) is 12.2 Å². The molecule has 0 unspecified atom stereocenters. The zero-order valence-corrected chi connectivity index (χ0v) is 6.06. The Morgan fingerprint density at radius 3 is 3.18 bits per heavy atom. The quantitative estimate of drug-likeness (QED) is 0.493. The van der Waals surface area contributed by atoms with Gasteiger partial charge in [0.1, 0.15) is 5.69 Å². The number of fused-ring (bicyclic) bond motifs is 1. The summed E-state index contributed by atoms with van der Waals surface area (Å²) in [4.78, 5) is 10.9. The molecule has 1 amide bonds. The molecule has 0 fully saturated rings. The van der Waals surface area contributed by atoms with E-state index >= 15 is 0 Å². The fraction of sp³-hybridized carbons (Fsp3) is 0.333. The molecule has 2 heterocycles. The summed E-state index contributed by atoms with van der Waals surface area (Å²) >= 11 is 0. The third kappa shape index (κ3) is 0.849. The smallest absolute Gasteiger partial charge is 0.243 e. The maximum absolute atomic E-state index is 10.9. The van der Waals surface area contributed by atoms with Crippen molar-refractivity contribution in [2.24, 2.45) is 0 Å². The number of H-pyrrole nitrogens is 1. The SMILES string of the molecule is Cc1[nH]nc2c1NC(=O)CN2. The van der Waals surface area contributed by atoms with E-state index in [1.165, 1.54) is 0 Å². The average molecular weight is 152 g/mol. The van der Waals surface area contributed by atoms with Crippen LogP contribution in [0.15, 0.2) is 0 Å². The molecule has 5 nitrogen and oxygen atoms in total. The van der Waals surface area contributed by atoms with E-state index in [-0.39, 0.29) is 5.91 Å². The molecule has 1 aliphatic rings. The molecule has 1 aromatic heterocycles. The number of nitrogens with one attached hydrogen (secondary N) is 3. The van der Waals surface area contributed by atoms with Crippen LogP contribution in [0.5, 0.6) is 0 Å². The summed E-state index contributed by atoms with van der Waals surface area (Å²) in [5.41, 5.74) is 1.64. The Hall–Kier alpha value is -1.52. The van der Waals surface area contributed by atoms with Gasteiger partial charge in [-0.05, 0) is 6.92 Å². The van der Waals surface area contributed by atoms with Crippen molar-refractivity contribution in [3.05, 3.63) is 5.69 Å². The van der Waals surface area contributed by atoms with E-state index in [2.05, 4.69) is 20.8 Å². The van der Waals surface area contributed by atoms with Crippen LogP contribution in [0.4, 0.5) is 11.5 Å². The number of aryl methyl sites for hydroxylation is 1. The van der Waals surface area contributed by atoms with Crippen molar-refractivity contribution >= 4 is 17.4 Å². The molecule has 0 saturated heterocycles. The topological polar surface area (TPSA) is 69.8 Å². The lowest BCUT2D eigenvalue weighted by Crippen LogP contribution is -2.27. The largest absolute Gasteiger partial charge is 0.358 e. The first-order valence-corrected chi connectivity index (χ1v) is 3.36. The molecule has 2 rings (SSSR count). The molecule has 1 aromatic rings. The van der Waals surface area contributed by atoms with Gasteiger partial charge in [0.15, 0.2) is 5.82 Å². The summed E-state index contributed by atoms with van der Waals surface area (Å²) < 4.78 is 0. The van der Waals surface area contributed by atoms with E-state index < -0.39 is 0 Å². The van der Waals surface area contributed by atoms with Gasteiger partial charge in [-0.2, -0.15) is 5.10 Å². The van der Waals surface area contributed by atoms with Crippen LogP contribution in [0.1, 0.15) is 5.69 Å². The van der Waals surface area contributed by atoms with Crippen molar-refractivity contribution in [1.29, 1.82) is 0 Å². The molecule has 5 heteroatoms. The first kappa shape index (κ1) is 6.21. The van der Waals surface area contributed by atoms with Gasteiger partial charge in [0.25, 0.3) is 0 Å². The van der Waals surface area contributed by atoms with Crippen molar-refractivity contribution in [2.45, 2.75) is 6.92 Å². The van der Waals surface area contributed by atoms with E-state index in [1.54, 1.807) is 0 Å². The Labute approximate surface area is 63.2 Å². The normalized spacial score (nSPS) is 15.2. The highest BCUT2D eigenvalue weighted by Crippen LogP contribution is 2.24. The number of aromatic nitrogens is 2. The highest BCUT2D eigenvalue weighted by molar-refractivity contribution is 6.00. The van der Waals surface area contributed by atoms with Gasteiger partial charge in [0.2, 0.25) is 5.91 Å². The molecule has 1 aliphatic heterocycles. The van der Waals surface area contributed by atoms with E-state index in [1.807, 2.05) is 6.92 Å². The lowest BCUT2D eigenvalue weighted by Gasteiger charge is -2.13. The molecule has 0 spiro atoms. The summed E-state index contributed by atoms with van der Waals surface area (Å²) in [6.07, 6.45) is 0. The molecular formula is C6H8N4O. The number of hydrogen-bond acceptors (Lipinski definition) is 3. The minimum absolute atomic E-state index is 0.0259. The second-order valence-corrected chi connectivity index (χ2v) is 2.47. The molecule has 0 radical (unpaired) electrons. The Balaban J connectivity index is 2.45. The lowest BCUT2D eigenvalue weighted by atomic mass is 10.3. The number of carbonyl (C=O) groups excluding carboxylic acids is 1. The van der Waals surface area contributed by atoms with Gasteiger partial charge in [-0.1, -0.05) is 0 Å². The lowest BCUT2D eigenvalue weighted by molar-refractivity contribution is -0.114. The third-order valence-electron chi connectivity index (χ3n) is 1.63. The fourth-order valence-electron chi connectivity index (χ4n) is 1.06. The zero-order chi connectivity index (χ0) is 7.84. The summed E-state index contributed by atoms with van der Waals surface area (Å²) in [7, 11) is 0. The second-order valence-electron chi connectivity index (χ2n) is 2.47. The molecular weight excluding hydrogens is 144 g/mol. The van der Waals surface area contributed by atoms with Gasteiger partial charge >= 0.3 is 0 Å². The van der Waals surface area contributed by atoms with Gasteiger partial charge < -0.3 is 10.6 Å². The fourth-order valence-corrected chi connectivity index (χ4v) is 1.06. The van der Waals surface area contributed by atoms with Crippen LogP contribution in [0.3, 0.4) is 0 Å². The Morgan fingerprint density at radius 2 is 2.36 bits per heavy atom. The third-order valence-corrected chi connectivity index (χ3v) is 1.63. The van der Waals surface area contributed by atoms with Gasteiger partial charge in [-0.15, -0.1) is 0 Å². The summed E-state index contributed by atoms with van der Waals surface area (Å²) in [5.74, 6) is 0.698. The number of amides is 1. The molecule has 3 N–H and O–H groups in total. The monoisotopic (exact) mass is 152 g/mol. The van der Waals surface area contributed by atoms with Crippen molar-refractivity contribution in [1.82, 2.24) is 10.2 Å². The van der Waals surface area contributed by atoms with Gasteiger partial charge in [-0.25, -0.2) is 0 Å². The maximum Gasteiger partial charge on any atom is 0.243 e. The van der Waals surface area contributed by atoms with E-state index in [4.69, 9.17) is 0 Å². The number of aromatic amines is 1. The first-order chi connectivity index (χ1) is 5.27. The predicted molar refractivity (Wildman–Crippen MR) is 40.4 cm³/mol. The van der Waals surface area contributed by atoms with Crippen LogP contribution in [0, 0.1) is 6.92 Å². The molecule has 0 aromatic carbocycles. The van der Waals surface area contributed by atoms with Crippen LogP contribution in [0.2, 0.25) is 0 Å². The Morgan fingerprint density at radius 1 is 1.55 bits per heavy atom. The number of hydrogen-bond donors (Lipinski definition) is 3. The van der Waals surface area contributed by atoms with Crippen LogP contribution < -0.4 is 10.6 Å². The summed E-state index contributed by atoms with van der Waals surface area (Å²) in [6, 6.07) is 0. The van der Waals surface area contributed by atoms with Gasteiger partial charge in [0, 0.05) is 0 Å². The number of anilines is 2. The second kappa shape index (κ2) is 1.98. The van der Waals surface area contributed by atoms with E-state index in [0.29, 0.717) is 6.54 Å². The minimum atomic E-state index is -0.0259. The highest BCUT2D eigenvalue weighted by Gasteiger charge is 2.17. The standard InChI is InChI=1S/C6H8N4O/c1-3-5-6(10-9-3)7-2-4(11)8-5/h2H2,1H3,(H,8,11)(H2,7,9,10). The summed E-state index contributed by atoms with van der Waals surface area (Å²) in [5, 5.41) is 12.3. The van der Waals surface area contributed by atoms with Crippen LogP contribution in [-0.2, 0) is 4.79 Å². The average Bonchev–Trinajstić information content (AvgIpc) is 2.33. The minimum Gasteiger partial charge on any atom is -0.358 e. The maximum atomic E-state index is 10.9. The Kier molecular flexibility index (Phi) is 1.12. The van der Waals surface area contributed by atoms with Crippen LogP contribution in [-0.4, -0.2) is 22.6 Å². The van der Waals surface area contributed by atoms with Crippen LogP contribution in [0.25, 0.3) is 0 Å². The molecule has 11 heavy (non-hydrogen) atoms. The predicted octanol–water partition coefficient (Wildman–Crippen LogP) is 0.0821. The molecule has 0 bridgehead atoms. The molecule has 58 valence electrons. The number of rotatable bonds is 0. The van der Waals surface area contributed by atoms with Crippen molar-refractivity contribution in [3.8, 4) is 0 Å². The first-order valence-electron chi connectivity index (χ1n) is 3.36. The number of carbonyl (C=O) groups is 1. The van der Waals surface area contributed by atoms with Gasteiger partial charge in [-0.3, -0.25) is 9.89 Å². The summed E-state index contributed by atoms with van der Waals surface area (Å²) in [6.45, 7) is 2.16.